The Hall–Kier alpha value is -2.81. The molecule has 158 valence electrons. The number of piperidine rings is 1. The quantitative estimate of drug-likeness (QED) is 0.601. The van der Waals surface area contributed by atoms with E-state index in [0.717, 1.165) is 32.2 Å². The standard InChI is InChI=1S/C20H29N5O4/c1-29-20(28)24-16-8-6-15(7-9-16)23-19(27)25-11-3-4-14(13-25)12-22-18(26)17-5-2-10-21-17/h6-9,14,17,21H,2-5,10-13H2,1H3,(H,22,26)(H,23,27)(H,24,28). The highest BCUT2D eigenvalue weighted by atomic mass is 16.5. The van der Waals surface area contributed by atoms with Crippen molar-refractivity contribution in [1.29, 1.82) is 0 Å². The Labute approximate surface area is 170 Å². The fourth-order valence-electron chi connectivity index (χ4n) is 3.70. The summed E-state index contributed by atoms with van der Waals surface area (Å²) in [5, 5.41) is 11.7. The molecule has 1 aromatic rings. The summed E-state index contributed by atoms with van der Waals surface area (Å²) in [6.45, 7) is 2.80. The molecule has 1 aromatic carbocycles. The molecule has 4 amide bonds. The lowest BCUT2D eigenvalue weighted by atomic mass is 9.98. The van der Waals surface area contributed by atoms with Gasteiger partial charge in [0.1, 0.15) is 0 Å². The summed E-state index contributed by atoms with van der Waals surface area (Å²) in [4.78, 5) is 37.8. The predicted octanol–water partition coefficient (Wildman–Crippen LogP) is 1.98. The molecule has 2 atom stereocenters. The number of rotatable bonds is 5. The van der Waals surface area contributed by atoms with Crippen LogP contribution in [0.4, 0.5) is 21.0 Å². The number of benzene rings is 1. The van der Waals surface area contributed by atoms with E-state index in [-0.39, 0.29) is 23.9 Å². The molecule has 2 aliphatic rings. The summed E-state index contributed by atoms with van der Waals surface area (Å²) in [5.41, 5.74) is 1.23. The van der Waals surface area contributed by atoms with Crippen LogP contribution in [0.3, 0.4) is 0 Å². The highest BCUT2D eigenvalue weighted by Gasteiger charge is 2.26. The van der Waals surface area contributed by atoms with E-state index in [0.29, 0.717) is 31.0 Å². The van der Waals surface area contributed by atoms with Crippen LogP contribution in [-0.4, -0.2) is 62.3 Å². The molecule has 9 nitrogen and oxygen atoms in total. The smallest absolute Gasteiger partial charge is 0.411 e. The van der Waals surface area contributed by atoms with Crippen molar-refractivity contribution in [3.05, 3.63) is 24.3 Å². The van der Waals surface area contributed by atoms with Crippen molar-refractivity contribution in [2.45, 2.75) is 31.7 Å². The van der Waals surface area contributed by atoms with Gasteiger partial charge in [0.25, 0.3) is 0 Å². The van der Waals surface area contributed by atoms with Gasteiger partial charge in [0, 0.05) is 31.0 Å². The number of likely N-dealkylation sites (tertiary alicyclic amines) is 1. The molecule has 0 radical (unpaired) electrons. The SMILES string of the molecule is COC(=O)Nc1ccc(NC(=O)N2CCCC(CNC(=O)C3CCCN3)C2)cc1. The first-order chi connectivity index (χ1) is 14.0. The second-order valence-electron chi connectivity index (χ2n) is 7.47. The molecule has 2 unspecified atom stereocenters. The minimum absolute atomic E-state index is 0.0599. The number of anilines is 2. The van der Waals surface area contributed by atoms with Crippen molar-refractivity contribution in [2.75, 3.05) is 43.9 Å². The Morgan fingerprint density at radius 1 is 1.10 bits per heavy atom. The average molecular weight is 403 g/mol. The Morgan fingerprint density at radius 3 is 2.48 bits per heavy atom. The van der Waals surface area contributed by atoms with E-state index >= 15 is 0 Å². The van der Waals surface area contributed by atoms with Crippen LogP contribution in [0.15, 0.2) is 24.3 Å². The molecular formula is C20H29N5O4. The van der Waals surface area contributed by atoms with Crippen molar-refractivity contribution in [2.24, 2.45) is 5.92 Å². The van der Waals surface area contributed by atoms with Gasteiger partial charge in [-0.25, -0.2) is 9.59 Å². The van der Waals surface area contributed by atoms with Crippen molar-refractivity contribution in [1.82, 2.24) is 15.5 Å². The molecule has 3 rings (SSSR count). The maximum atomic E-state index is 12.6. The number of carbonyl (C=O) groups is 3. The fraction of sp³-hybridized carbons (Fsp3) is 0.550. The van der Waals surface area contributed by atoms with Gasteiger partial charge >= 0.3 is 12.1 Å². The topological polar surface area (TPSA) is 112 Å². The highest BCUT2D eigenvalue weighted by Crippen LogP contribution is 2.19. The third-order valence-electron chi connectivity index (χ3n) is 5.32. The Balaban J connectivity index is 1.45. The molecule has 0 spiro atoms. The average Bonchev–Trinajstić information content (AvgIpc) is 3.28. The van der Waals surface area contributed by atoms with Crippen molar-refractivity contribution >= 4 is 29.4 Å². The number of nitrogens with zero attached hydrogens (tertiary/aromatic N) is 1. The molecule has 0 aliphatic carbocycles. The molecule has 4 N–H and O–H groups in total. The number of methoxy groups -OCH3 is 1. The summed E-state index contributed by atoms with van der Waals surface area (Å²) in [6, 6.07) is 6.59. The third-order valence-corrected chi connectivity index (χ3v) is 5.32. The minimum Gasteiger partial charge on any atom is -0.453 e. The molecule has 0 bridgehead atoms. The molecule has 2 saturated heterocycles. The van der Waals surface area contributed by atoms with Crippen LogP contribution in [0.5, 0.6) is 0 Å². The number of hydrogen-bond acceptors (Lipinski definition) is 5. The van der Waals surface area contributed by atoms with Gasteiger partial charge in [0.05, 0.1) is 13.2 Å². The molecule has 29 heavy (non-hydrogen) atoms. The Morgan fingerprint density at radius 2 is 1.83 bits per heavy atom. The predicted molar refractivity (Wildman–Crippen MR) is 110 cm³/mol. The van der Waals surface area contributed by atoms with Gasteiger partial charge in [-0.3, -0.25) is 10.1 Å². The fourth-order valence-corrected chi connectivity index (χ4v) is 3.70. The maximum Gasteiger partial charge on any atom is 0.411 e. The molecular weight excluding hydrogens is 374 g/mol. The van der Waals surface area contributed by atoms with Crippen LogP contribution >= 0.6 is 0 Å². The molecule has 2 aliphatic heterocycles. The minimum atomic E-state index is -0.544. The molecule has 0 saturated carbocycles. The van der Waals surface area contributed by atoms with Gasteiger partial charge in [-0.15, -0.1) is 0 Å². The number of nitrogens with one attached hydrogen (secondary N) is 4. The van der Waals surface area contributed by atoms with Gasteiger partial charge in [0.2, 0.25) is 5.91 Å². The zero-order valence-electron chi connectivity index (χ0n) is 16.7. The van der Waals surface area contributed by atoms with Gasteiger partial charge in [-0.05, 0) is 62.4 Å². The lowest BCUT2D eigenvalue weighted by Gasteiger charge is -2.33. The Kier molecular flexibility index (Phi) is 7.29. The van der Waals surface area contributed by atoms with Crippen molar-refractivity contribution < 1.29 is 19.1 Å². The largest absolute Gasteiger partial charge is 0.453 e. The van der Waals surface area contributed by atoms with Gasteiger partial charge in [0.15, 0.2) is 0 Å². The number of hydrogen-bond donors (Lipinski definition) is 4. The summed E-state index contributed by atoms with van der Waals surface area (Å²) < 4.78 is 4.55. The number of carbonyl (C=O) groups excluding carboxylic acids is 3. The molecule has 9 heteroatoms. The Bertz CT molecular complexity index is 718. The van der Waals surface area contributed by atoms with Crippen molar-refractivity contribution in [3.8, 4) is 0 Å². The number of amides is 4. The van der Waals surface area contributed by atoms with E-state index in [1.54, 1.807) is 29.2 Å². The van der Waals surface area contributed by atoms with Crippen LogP contribution in [0.1, 0.15) is 25.7 Å². The van der Waals surface area contributed by atoms with Gasteiger partial charge < -0.3 is 25.6 Å². The number of urea groups is 1. The summed E-state index contributed by atoms with van der Waals surface area (Å²) in [6.07, 6.45) is 3.29. The molecule has 2 fully saturated rings. The molecule has 2 heterocycles. The van der Waals surface area contributed by atoms with Crippen molar-refractivity contribution in [3.63, 3.8) is 0 Å². The normalized spacial score (nSPS) is 21.3. The second-order valence-corrected chi connectivity index (χ2v) is 7.47. The lowest BCUT2D eigenvalue weighted by Crippen LogP contribution is -2.47. The second kappa shape index (κ2) is 10.1. The van der Waals surface area contributed by atoms with Crippen LogP contribution < -0.4 is 21.3 Å². The van der Waals surface area contributed by atoms with E-state index in [9.17, 15) is 14.4 Å². The first-order valence-corrected chi connectivity index (χ1v) is 10.1. The number of ether oxygens (including phenoxy) is 1. The first-order valence-electron chi connectivity index (χ1n) is 10.1. The van der Waals surface area contributed by atoms with E-state index < -0.39 is 6.09 Å². The van der Waals surface area contributed by atoms with Crippen LogP contribution in [0, 0.1) is 5.92 Å². The molecule has 0 aromatic heterocycles. The van der Waals surface area contributed by atoms with Crippen LogP contribution in [0.25, 0.3) is 0 Å². The van der Waals surface area contributed by atoms with E-state index in [1.165, 1.54) is 7.11 Å². The lowest BCUT2D eigenvalue weighted by molar-refractivity contribution is -0.123. The van der Waals surface area contributed by atoms with E-state index in [1.807, 2.05) is 0 Å². The summed E-state index contributed by atoms with van der Waals surface area (Å²) in [7, 11) is 1.30. The van der Waals surface area contributed by atoms with Gasteiger partial charge in [-0.1, -0.05) is 0 Å². The summed E-state index contributed by atoms with van der Waals surface area (Å²) in [5.74, 6) is 0.316. The maximum absolute atomic E-state index is 12.6. The van der Waals surface area contributed by atoms with Crippen LogP contribution in [0.2, 0.25) is 0 Å². The zero-order chi connectivity index (χ0) is 20.6. The highest BCUT2D eigenvalue weighted by molar-refractivity contribution is 5.90. The van der Waals surface area contributed by atoms with Crippen LogP contribution in [-0.2, 0) is 9.53 Å². The summed E-state index contributed by atoms with van der Waals surface area (Å²) >= 11 is 0. The van der Waals surface area contributed by atoms with E-state index in [2.05, 4.69) is 26.0 Å². The third kappa shape index (κ3) is 6.08. The van der Waals surface area contributed by atoms with E-state index in [4.69, 9.17) is 0 Å². The monoisotopic (exact) mass is 403 g/mol. The first kappa shape index (κ1) is 20.9. The van der Waals surface area contributed by atoms with Gasteiger partial charge in [-0.2, -0.15) is 0 Å². The zero-order valence-corrected chi connectivity index (χ0v) is 16.7.